The molecule has 1 amide bonds. The monoisotopic (exact) mass is 445 g/mol. The first-order valence-electron chi connectivity index (χ1n) is 8.94. The quantitative estimate of drug-likeness (QED) is 0.409. The number of anilines is 1. The van der Waals surface area contributed by atoms with Crippen molar-refractivity contribution in [2.75, 3.05) is 5.32 Å². The molecule has 0 radical (unpaired) electrons. The largest absolute Gasteiger partial charge is 0.457 e. The SMILES string of the molecule is CCn1ncc([N+](=O)[O-])c1C(=O)Nc1cc(Oc2ccc(Cl)cc2C)cc([N+](=O)[O-])c1. The summed E-state index contributed by atoms with van der Waals surface area (Å²) in [5.74, 6) is -0.324. The molecule has 11 nitrogen and oxygen atoms in total. The number of carbonyl (C=O) groups is 1. The van der Waals surface area contributed by atoms with Gasteiger partial charge in [0.2, 0.25) is 5.69 Å². The molecule has 0 atom stereocenters. The van der Waals surface area contributed by atoms with E-state index in [0.717, 1.165) is 12.3 Å². The molecule has 1 N–H and O–H groups in total. The zero-order valence-electron chi connectivity index (χ0n) is 16.4. The van der Waals surface area contributed by atoms with Crippen LogP contribution < -0.4 is 10.1 Å². The number of ether oxygens (including phenoxy) is 1. The van der Waals surface area contributed by atoms with Crippen LogP contribution in [0.1, 0.15) is 23.0 Å². The molecule has 0 saturated carbocycles. The number of hydrogen-bond donors (Lipinski definition) is 1. The summed E-state index contributed by atoms with van der Waals surface area (Å²) in [6.45, 7) is 3.64. The van der Waals surface area contributed by atoms with Crippen molar-refractivity contribution in [3.05, 3.63) is 79.1 Å². The number of rotatable bonds is 7. The summed E-state index contributed by atoms with van der Waals surface area (Å²) in [7, 11) is 0. The fourth-order valence-corrected chi connectivity index (χ4v) is 3.07. The maximum absolute atomic E-state index is 12.7. The number of non-ortho nitro benzene ring substituents is 1. The Morgan fingerprint density at radius 1 is 1.19 bits per heavy atom. The van der Waals surface area contributed by atoms with Crippen molar-refractivity contribution in [1.29, 1.82) is 0 Å². The molecule has 3 rings (SSSR count). The van der Waals surface area contributed by atoms with Gasteiger partial charge in [-0.05, 0) is 37.6 Å². The molecule has 0 fully saturated rings. The first-order valence-corrected chi connectivity index (χ1v) is 9.32. The van der Waals surface area contributed by atoms with Gasteiger partial charge < -0.3 is 10.1 Å². The lowest BCUT2D eigenvalue weighted by molar-refractivity contribution is -0.385. The lowest BCUT2D eigenvalue weighted by atomic mass is 10.2. The van der Waals surface area contributed by atoms with E-state index in [2.05, 4.69) is 10.4 Å². The Hall–Kier alpha value is -3.99. The van der Waals surface area contributed by atoms with Gasteiger partial charge in [0.25, 0.3) is 11.6 Å². The summed E-state index contributed by atoms with van der Waals surface area (Å²) in [6, 6.07) is 8.58. The van der Waals surface area contributed by atoms with E-state index in [1.807, 2.05) is 0 Å². The number of benzene rings is 2. The molecule has 1 heterocycles. The molecule has 0 spiro atoms. The van der Waals surface area contributed by atoms with Gasteiger partial charge in [-0.2, -0.15) is 5.10 Å². The van der Waals surface area contributed by atoms with Gasteiger partial charge in [0.1, 0.15) is 17.7 Å². The fraction of sp³-hybridized carbons (Fsp3) is 0.158. The van der Waals surface area contributed by atoms with E-state index in [9.17, 15) is 25.0 Å². The Morgan fingerprint density at radius 3 is 2.55 bits per heavy atom. The average Bonchev–Trinajstić information content (AvgIpc) is 3.14. The number of halogens is 1. The third-order valence-corrected chi connectivity index (χ3v) is 4.49. The third-order valence-electron chi connectivity index (χ3n) is 4.26. The van der Waals surface area contributed by atoms with E-state index < -0.39 is 21.4 Å². The van der Waals surface area contributed by atoms with Gasteiger partial charge in [0, 0.05) is 23.7 Å². The number of nitro benzene ring substituents is 1. The van der Waals surface area contributed by atoms with Crippen LogP contribution in [0.25, 0.3) is 0 Å². The molecular formula is C19H16ClN5O6. The Labute approximate surface area is 180 Å². The number of nitro groups is 2. The molecule has 0 aliphatic rings. The van der Waals surface area contributed by atoms with Gasteiger partial charge in [-0.3, -0.25) is 29.7 Å². The first kappa shape index (κ1) is 21.7. The highest BCUT2D eigenvalue weighted by molar-refractivity contribution is 6.30. The number of carbonyl (C=O) groups excluding carboxylic acids is 1. The molecule has 31 heavy (non-hydrogen) atoms. The van der Waals surface area contributed by atoms with Gasteiger partial charge >= 0.3 is 5.69 Å². The van der Waals surface area contributed by atoms with Crippen LogP contribution in [-0.4, -0.2) is 25.5 Å². The Kier molecular flexibility index (Phi) is 6.16. The second-order valence-electron chi connectivity index (χ2n) is 6.39. The average molecular weight is 446 g/mol. The van der Waals surface area contributed by atoms with Crippen molar-refractivity contribution in [1.82, 2.24) is 9.78 Å². The number of hydrogen-bond acceptors (Lipinski definition) is 7. The van der Waals surface area contributed by atoms with Gasteiger partial charge in [-0.1, -0.05) is 11.6 Å². The summed E-state index contributed by atoms with van der Waals surface area (Å²) in [4.78, 5) is 33.9. The van der Waals surface area contributed by atoms with Crippen molar-refractivity contribution in [3.8, 4) is 11.5 Å². The molecule has 160 valence electrons. The van der Waals surface area contributed by atoms with Gasteiger partial charge in [0.05, 0.1) is 21.6 Å². The van der Waals surface area contributed by atoms with Gasteiger partial charge in [-0.25, -0.2) is 0 Å². The predicted molar refractivity (Wildman–Crippen MR) is 112 cm³/mol. The molecule has 0 saturated heterocycles. The van der Waals surface area contributed by atoms with Crippen LogP contribution in [0.4, 0.5) is 17.1 Å². The van der Waals surface area contributed by atoms with Gasteiger partial charge in [0.15, 0.2) is 0 Å². The predicted octanol–water partition coefficient (Wildman–Crippen LogP) is 4.73. The van der Waals surface area contributed by atoms with Crippen molar-refractivity contribution in [3.63, 3.8) is 0 Å². The minimum Gasteiger partial charge on any atom is -0.457 e. The summed E-state index contributed by atoms with van der Waals surface area (Å²) in [5, 5.41) is 29.3. The lowest BCUT2D eigenvalue weighted by Gasteiger charge is -2.11. The summed E-state index contributed by atoms with van der Waals surface area (Å²) < 4.78 is 6.90. The number of amides is 1. The molecule has 3 aromatic rings. The molecule has 0 aliphatic carbocycles. The smallest absolute Gasteiger partial charge is 0.320 e. The summed E-state index contributed by atoms with van der Waals surface area (Å²) in [5.41, 5.74) is -0.350. The van der Waals surface area contributed by atoms with E-state index in [1.165, 1.54) is 16.8 Å². The Balaban J connectivity index is 1.96. The van der Waals surface area contributed by atoms with Crippen LogP contribution in [0.3, 0.4) is 0 Å². The summed E-state index contributed by atoms with van der Waals surface area (Å²) >= 11 is 5.93. The lowest BCUT2D eigenvalue weighted by Crippen LogP contribution is -2.18. The first-order chi connectivity index (χ1) is 14.7. The van der Waals surface area contributed by atoms with Crippen molar-refractivity contribution < 1.29 is 19.4 Å². The minimum absolute atomic E-state index is 0.0268. The second-order valence-corrected chi connectivity index (χ2v) is 6.83. The molecule has 0 bridgehead atoms. The Bertz CT molecular complexity index is 1190. The van der Waals surface area contributed by atoms with E-state index >= 15 is 0 Å². The minimum atomic E-state index is -0.833. The zero-order chi connectivity index (χ0) is 22.7. The van der Waals surface area contributed by atoms with Crippen LogP contribution in [0, 0.1) is 27.2 Å². The zero-order valence-corrected chi connectivity index (χ0v) is 17.1. The van der Waals surface area contributed by atoms with E-state index in [0.29, 0.717) is 16.3 Å². The van der Waals surface area contributed by atoms with Crippen molar-refractivity contribution in [2.24, 2.45) is 0 Å². The standard InChI is InChI=1S/C19H16ClN5O6/c1-3-23-18(16(10-21-23)25(29)30)19(26)22-13-7-14(24(27)28)9-15(8-13)31-17-5-4-12(20)6-11(17)2/h4-10H,3H2,1-2H3,(H,22,26). The molecular weight excluding hydrogens is 430 g/mol. The van der Waals surface area contributed by atoms with E-state index in [-0.39, 0.29) is 29.4 Å². The van der Waals surface area contributed by atoms with Crippen molar-refractivity contribution >= 4 is 34.6 Å². The van der Waals surface area contributed by atoms with Crippen LogP contribution in [-0.2, 0) is 6.54 Å². The maximum atomic E-state index is 12.7. The Morgan fingerprint density at radius 2 is 1.94 bits per heavy atom. The van der Waals surface area contributed by atoms with Crippen molar-refractivity contribution in [2.45, 2.75) is 20.4 Å². The van der Waals surface area contributed by atoms with Crippen LogP contribution >= 0.6 is 11.6 Å². The molecule has 0 aliphatic heterocycles. The molecule has 1 aromatic heterocycles. The normalized spacial score (nSPS) is 10.5. The van der Waals surface area contributed by atoms with E-state index in [1.54, 1.807) is 32.0 Å². The number of aryl methyl sites for hydroxylation is 2. The van der Waals surface area contributed by atoms with Crippen LogP contribution in [0.5, 0.6) is 11.5 Å². The third kappa shape index (κ3) is 4.78. The summed E-state index contributed by atoms with van der Waals surface area (Å²) in [6.07, 6.45) is 0.976. The van der Waals surface area contributed by atoms with Gasteiger partial charge in [-0.15, -0.1) is 0 Å². The number of nitrogens with zero attached hydrogens (tertiary/aromatic N) is 4. The highest BCUT2D eigenvalue weighted by atomic mass is 35.5. The number of nitrogens with one attached hydrogen (secondary N) is 1. The van der Waals surface area contributed by atoms with Crippen LogP contribution in [0.15, 0.2) is 42.6 Å². The second kappa shape index (κ2) is 8.79. The topological polar surface area (TPSA) is 142 Å². The maximum Gasteiger partial charge on any atom is 0.320 e. The number of aromatic nitrogens is 2. The highest BCUT2D eigenvalue weighted by Gasteiger charge is 2.27. The highest BCUT2D eigenvalue weighted by Crippen LogP contribution is 2.32. The fourth-order valence-electron chi connectivity index (χ4n) is 2.85. The molecule has 12 heteroatoms. The van der Waals surface area contributed by atoms with Crippen LogP contribution in [0.2, 0.25) is 5.02 Å². The molecule has 2 aromatic carbocycles. The van der Waals surface area contributed by atoms with E-state index in [4.69, 9.17) is 16.3 Å². The molecule has 0 unspecified atom stereocenters.